The van der Waals surface area contributed by atoms with E-state index in [0.29, 0.717) is 13.0 Å². The molecule has 0 amide bonds. The van der Waals surface area contributed by atoms with Gasteiger partial charge >= 0.3 is 0 Å². The molecule has 0 spiro atoms. The first-order valence-electron chi connectivity index (χ1n) is 8.65. The van der Waals surface area contributed by atoms with Crippen LogP contribution in [-0.4, -0.2) is 15.6 Å². The molecular weight excluding hydrogens is 344 g/mol. The Bertz CT molecular complexity index is 1050. The fourth-order valence-electron chi connectivity index (χ4n) is 3.51. The van der Waals surface area contributed by atoms with Gasteiger partial charge in [-0.2, -0.15) is 5.10 Å². The smallest absolute Gasteiger partial charge is 0.189 e. The summed E-state index contributed by atoms with van der Waals surface area (Å²) in [5, 5.41) is 5.40. The van der Waals surface area contributed by atoms with Gasteiger partial charge in [-0.3, -0.25) is 9.48 Å². The Morgan fingerprint density at radius 2 is 1.85 bits per heavy atom. The van der Waals surface area contributed by atoms with Gasteiger partial charge in [0.25, 0.3) is 0 Å². The Morgan fingerprint density at radius 3 is 2.62 bits per heavy atom. The summed E-state index contributed by atoms with van der Waals surface area (Å²) in [4.78, 5) is 12.7. The lowest BCUT2D eigenvalue weighted by Gasteiger charge is -2.07. The van der Waals surface area contributed by atoms with E-state index in [1.165, 1.54) is 0 Å². The molecule has 0 fully saturated rings. The van der Waals surface area contributed by atoms with E-state index in [1.807, 2.05) is 73.1 Å². The predicted octanol–water partition coefficient (Wildman–Crippen LogP) is 5.02. The molecule has 1 aromatic heterocycles. The van der Waals surface area contributed by atoms with E-state index in [0.717, 1.165) is 44.2 Å². The number of hydrogen-bond acceptors (Lipinski definition) is 2. The van der Waals surface area contributed by atoms with Gasteiger partial charge in [-0.05, 0) is 37.1 Å². The number of hydrogen-bond donors (Lipinski definition) is 0. The topological polar surface area (TPSA) is 34.9 Å². The highest BCUT2D eigenvalue weighted by Gasteiger charge is 2.25. The summed E-state index contributed by atoms with van der Waals surface area (Å²) in [5.74, 6) is 0.123. The van der Waals surface area contributed by atoms with E-state index in [4.69, 9.17) is 11.6 Å². The molecule has 1 heterocycles. The maximum absolute atomic E-state index is 12.7. The van der Waals surface area contributed by atoms with Crippen molar-refractivity contribution in [2.24, 2.45) is 0 Å². The van der Waals surface area contributed by atoms with Gasteiger partial charge in [0.2, 0.25) is 0 Å². The van der Waals surface area contributed by atoms with E-state index < -0.39 is 0 Å². The standard InChI is InChI=1S/C22H19ClN2O/c1-14-20(12-18-11-16-7-3-5-9-19(16)22(18)26)15(2)25(24-14)13-17-8-4-6-10-21(17)23/h3-10,12H,11,13H2,1-2H3/b18-12+. The number of ketones is 1. The van der Waals surface area contributed by atoms with E-state index in [1.54, 1.807) is 0 Å². The Hall–Kier alpha value is -2.65. The van der Waals surface area contributed by atoms with Crippen molar-refractivity contribution in [3.05, 3.63) is 92.8 Å². The maximum Gasteiger partial charge on any atom is 0.189 e. The van der Waals surface area contributed by atoms with Crippen LogP contribution in [-0.2, 0) is 13.0 Å². The number of nitrogens with zero attached hydrogens (tertiary/aromatic N) is 2. The second kappa shape index (κ2) is 6.58. The van der Waals surface area contributed by atoms with Crippen LogP contribution >= 0.6 is 11.6 Å². The number of fused-ring (bicyclic) bond motifs is 1. The molecule has 0 saturated heterocycles. The van der Waals surface area contributed by atoms with Crippen molar-refractivity contribution in [3.8, 4) is 0 Å². The molecule has 0 atom stereocenters. The molecule has 4 rings (SSSR count). The number of benzene rings is 2. The third kappa shape index (κ3) is 2.89. The Labute approximate surface area is 157 Å². The minimum Gasteiger partial charge on any atom is -0.289 e. The molecule has 0 unspecified atom stereocenters. The second-order valence-corrected chi connectivity index (χ2v) is 7.07. The molecule has 2 aromatic carbocycles. The molecule has 26 heavy (non-hydrogen) atoms. The van der Waals surface area contributed by atoms with E-state index in [-0.39, 0.29) is 5.78 Å². The van der Waals surface area contributed by atoms with Crippen molar-refractivity contribution in [1.82, 2.24) is 9.78 Å². The Balaban J connectivity index is 1.68. The van der Waals surface area contributed by atoms with Gasteiger partial charge in [-0.15, -0.1) is 0 Å². The molecule has 1 aliphatic carbocycles. The van der Waals surface area contributed by atoms with Gasteiger partial charge in [0, 0.05) is 33.8 Å². The van der Waals surface area contributed by atoms with Gasteiger partial charge in [-0.25, -0.2) is 0 Å². The molecule has 0 aliphatic heterocycles. The minimum absolute atomic E-state index is 0.123. The van der Waals surface area contributed by atoms with Crippen LogP contribution < -0.4 is 0 Å². The first-order chi connectivity index (χ1) is 12.5. The normalized spacial score (nSPS) is 14.9. The van der Waals surface area contributed by atoms with Gasteiger partial charge in [0.1, 0.15) is 0 Å². The van der Waals surface area contributed by atoms with Crippen LogP contribution in [0.15, 0.2) is 54.1 Å². The third-order valence-corrected chi connectivity index (χ3v) is 5.34. The predicted molar refractivity (Wildman–Crippen MR) is 105 cm³/mol. The summed E-state index contributed by atoms with van der Waals surface area (Å²) in [6.45, 7) is 4.63. The van der Waals surface area contributed by atoms with Gasteiger partial charge in [-0.1, -0.05) is 54.1 Å². The highest BCUT2D eigenvalue weighted by atomic mass is 35.5. The lowest BCUT2D eigenvalue weighted by Crippen LogP contribution is -2.04. The quantitative estimate of drug-likeness (QED) is 0.613. The second-order valence-electron chi connectivity index (χ2n) is 6.67. The molecule has 4 heteroatoms. The van der Waals surface area contributed by atoms with Crippen LogP contribution in [0.3, 0.4) is 0 Å². The molecular formula is C22H19ClN2O. The third-order valence-electron chi connectivity index (χ3n) is 4.97. The SMILES string of the molecule is Cc1nn(Cc2ccccc2Cl)c(C)c1/C=C1\Cc2ccccc2C1=O. The van der Waals surface area contributed by atoms with E-state index in [9.17, 15) is 4.79 Å². The number of carbonyl (C=O) groups excluding carboxylic acids is 1. The zero-order valence-corrected chi connectivity index (χ0v) is 15.5. The van der Waals surface area contributed by atoms with Gasteiger partial charge < -0.3 is 0 Å². The van der Waals surface area contributed by atoms with Crippen LogP contribution in [0.25, 0.3) is 6.08 Å². The first-order valence-corrected chi connectivity index (χ1v) is 9.03. The van der Waals surface area contributed by atoms with Crippen LogP contribution in [0.1, 0.15) is 38.4 Å². The van der Waals surface area contributed by atoms with Crippen LogP contribution in [0.2, 0.25) is 5.02 Å². The minimum atomic E-state index is 0.123. The summed E-state index contributed by atoms with van der Waals surface area (Å²) < 4.78 is 1.95. The molecule has 3 nitrogen and oxygen atoms in total. The van der Waals surface area contributed by atoms with Crippen molar-refractivity contribution in [3.63, 3.8) is 0 Å². The van der Waals surface area contributed by atoms with E-state index >= 15 is 0 Å². The summed E-state index contributed by atoms with van der Waals surface area (Å²) in [5.41, 5.74) is 6.76. The Kier molecular flexibility index (Phi) is 4.25. The number of carbonyl (C=O) groups is 1. The lowest BCUT2D eigenvalue weighted by atomic mass is 10.1. The van der Waals surface area contributed by atoms with Crippen molar-refractivity contribution in [2.45, 2.75) is 26.8 Å². The van der Waals surface area contributed by atoms with Crippen molar-refractivity contribution in [1.29, 1.82) is 0 Å². The molecule has 1 aliphatic rings. The fourth-order valence-corrected chi connectivity index (χ4v) is 3.70. The lowest BCUT2D eigenvalue weighted by molar-refractivity contribution is 0.104. The summed E-state index contributed by atoms with van der Waals surface area (Å²) in [6, 6.07) is 15.6. The van der Waals surface area contributed by atoms with Crippen LogP contribution in [0.4, 0.5) is 0 Å². The van der Waals surface area contributed by atoms with Gasteiger partial charge in [0.05, 0.1) is 12.2 Å². The van der Waals surface area contributed by atoms with Crippen LogP contribution in [0.5, 0.6) is 0 Å². The highest BCUT2D eigenvalue weighted by Crippen LogP contribution is 2.29. The number of halogens is 1. The summed E-state index contributed by atoms with van der Waals surface area (Å²) in [6.07, 6.45) is 2.69. The fraction of sp³-hybridized carbons (Fsp3) is 0.182. The van der Waals surface area contributed by atoms with E-state index in [2.05, 4.69) is 5.10 Å². The average Bonchev–Trinajstić information content (AvgIpc) is 3.09. The molecule has 0 saturated carbocycles. The first kappa shape index (κ1) is 16.8. The van der Waals surface area contributed by atoms with Gasteiger partial charge in [0.15, 0.2) is 5.78 Å². The highest BCUT2D eigenvalue weighted by molar-refractivity contribution is 6.31. The largest absolute Gasteiger partial charge is 0.289 e. The number of rotatable bonds is 3. The average molecular weight is 363 g/mol. The Morgan fingerprint density at radius 1 is 1.12 bits per heavy atom. The van der Waals surface area contributed by atoms with Crippen molar-refractivity contribution in [2.75, 3.05) is 0 Å². The van der Waals surface area contributed by atoms with Crippen molar-refractivity contribution < 1.29 is 4.79 Å². The zero-order valence-electron chi connectivity index (χ0n) is 14.8. The molecule has 130 valence electrons. The van der Waals surface area contributed by atoms with Crippen LogP contribution in [0, 0.1) is 13.8 Å². The monoisotopic (exact) mass is 362 g/mol. The van der Waals surface area contributed by atoms with Crippen molar-refractivity contribution >= 4 is 23.5 Å². The molecule has 0 bridgehead atoms. The zero-order chi connectivity index (χ0) is 18.3. The molecule has 3 aromatic rings. The maximum atomic E-state index is 12.7. The number of Topliss-reactive ketones (excluding diaryl/α,β-unsaturated/α-hetero) is 1. The molecule has 0 radical (unpaired) electrons. The summed E-state index contributed by atoms with van der Waals surface area (Å²) in [7, 11) is 0. The number of aryl methyl sites for hydroxylation is 1. The number of allylic oxidation sites excluding steroid dienone is 1. The summed E-state index contributed by atoms with van der Waals surface area (Å²) >= 11 is 6.28. The number of aromatic nitrogens is 2. The molecule has 0 N–H and O–H groups in total.